The number of halogens is 2. The van der Waals surface area contributed by atoms with E-state index in [4.69, 9.17) is 5.84 Å². The first-order valence-corrected chi connectivity index (χ1v) is 5.44. The standard InChI is InChI=1S/C12H14F2N4/c1-7-5-8(10(14)6-9(7)13)12(16-15)11-3-4-18(2)17-11/h3-6,12,16H,15H2,1-2H3. The van der Waals surface area contributed by atoms with Gasteiger partial charge in [-0.25, -0.2) is 14.2 Å². The number of nitrogens with two attached hydrogens (primary N) is 1. The highest BCUT2D eigenvalue weighted by molar-refractivity contribution is 5.32. The van der Waals surface area contributed by atoms with Gasteiger partial charge in [-0.1, -0.05) is 0 Å². The maximum absolute atomic E-state index is 13.8. The summed E-state index contributed by atoms with van der Waals surface area (Å²) in [5.41, 5.74) is 3.71. The predicted molar refractivity (Wildman–Crippen MR) is 63.5 cm³/mol. The zero-order chi connectivity index (χ0) is 13.3. The highest BCUT2D eigenvalue weighted by Gasteiger charge is 2.20. The Morgan fingerprint density at radius 1 is 1.33 bits per heavy atom. The van der Waals surface area contributed by atoms with Crippen LogP contribution in [0.4, 0.5) is 8.78 Å². The number of hydrogen-bond donors (Lipinski definition) is 2. The minimum Gasteiger partial charge on any atom is -0.275 e. The average Bonchev–Trinajstić information content (AvgIpc) is 2.73. The highest BCUT2D eigenvalue weighted by atomic mass is 19.1. The van der Waals surface area contributed by atoms with E-state index < -0.39 is 17.7 Å². The van der Waals surface area contributed by atoms with Gasteiger partial charge < -0.3 is 0 Å². The van der Waals surface area contributed by atoms with Crippen LogP contribution < -0.4 is 11.3 Å². The molecule has 0 amide bonds. The van der Waals surface area contributed by atoms with E-state index in [1.807, 2.05) is 0 Å². The number of nitrogens with zero attached hydrogens (tertiary/aromatic N) is 2. The Hall–Kier alpha value is -1.79. The zero-order valence-electron chi connectivity index (χ0n) is 10.1. The Bertz CT molecular complexity index is 565. The van der Waals surface area contributed by atoms with Crippen LogP contribution in [0.3, 0.4) is 0 Å². The third kappa shape index (κ3) is 2.25. The van der Waals surface area contributed by atoms with Crippen LogP contribution in [-0.4, -0.2) is 9.78 Å². The lowest BCUT2D eigenvalue weighted by molar-refractivity contribution is 0.530. The van der Waals surface area contributed by atoms with E-state index in [0.29, 0.717) is 11.3 Å². The van der Waals surface area contributed by atoms with Gasteiger partial charge in [-0.2, -0.15) is 5.10 Å². The fourth-order valence-electron chi connectivity index (χ4n) is 1.82. The van der Waals surface area contributed by atoms with E-state index in [1.54, 1.807) is 30.9 Å². The van der Waals surface area contributed by atoms with E-state index in [-0.39, 0.29) is 5.56 Å². The third-order valence-electron chi connectivity index (χ3n) is 2.79. The van der Waals surface area contributed by atoms with Gasteiger partial charge >= 0.3 is 0 Å². The van der Waals surface area contributed by atoms with Crippen LogP contribution in [0.2, 0.25) is 0 Å². The minimum absolute atomic E-state index is 0.273. The van der Waals surface area contributed by atoms with Gasteiger partial charge in [0.15, 0.2) is 0 Å². The van der Waals surface area contributed by atoms with E-state index in [0.717, 1.165) is 6.07 Å². The molecule has 4 nitrogen and oxygen atoms in total. The summed E-state index contributed by atoms with van der Waals surface area (Å²) in [6.45, 7) is 1.57. The normalized spacial score (nSPS) is 12.7. The molecular weight excluding hydrogens is 238 g/mol. The number of aryl methyl sites for hydroxylation is 2. The summed E-state index contributed by atoms with van der Waals surface area (Å²) in [7, 11) is 1.75. The van der Waals surface area contributed by atoms with Crippen LogP contribution in [0, 0.1) is 18.6 Å². The number of aromatic nitrogens is 2. The molecule has 0 saturated heterocycles. The molecular formula is C12H14F2N4. The van der Waals surface area contributed by atoms with Crippen molar-refractivity contribution in [2.45, 2.75) is 13.0 Å². The molecule has 1 aromatic heterocycles. The fraction of sp³-hybridized carbons (Fsp3) is 0.250. The van der Waals surface area contributed by atoms with Gasteiger partial charge in [0.1, 0.15) is 11.6 Å². The largest absolute Gasteiger partial charge is 0.275 e. The van der Waals surface area contributed by atoms with E-state index in [2.05, 4.69) is 10.5 Å². The summed E-state index contributed by atoms with van der Waals surface area (Å²) in [6.07, 6.45) is 1.73. The smallest absolute Gasteiger partial charge is 0.131 e. The van der Waals surface area contributed by atoms with E-state index in [9.17, 15) is 8.78 Å². The van der Waals surface area contributed by atoms with Crippen molar-refractivity contribution in [3.8, 4) is 0 Å². The van der Waals surface area contributed by atoms with Crippen molar-refractivity contribution < 1.29 is 8.78 Å². The van der Waals surface area contributed by atoms with Crippen LogP contribution in [0.15, 0.2) is 24.4 Å². The molecule has 2 rings (SSSR count). The average molecular weight is 252 g/mol. The summed E-state index contributed by atoms with van der Waals surface area (Å²) in [5.74, 6) is 4.22. The lowest BCUT2D eigenvalue weighted by atomic mass is 10.0. The van der Waals surface area contributed by atoms with E-state index in [1.165, 1.54) is 6.07 Å². The molecule has 96 valence electrons. The first kappa shape index (κ1) is 12.7. The SMILES string of the molecule is Cc1cc(C(NN)c2ccn(C)n2)c(F)cc1F. The summed E-state index contributed by atoms with van der Waals surface area (Å²) >= 11 is 0. The summed E-state index contributed by atoms with van der Waals surface area (Å²) in [6, 6.07) is 3.41. The summed E-state index contributed by atoms with van der Waals surface area (Å²) in [4.78, 5) is 0. The second-order valence-corrected chi connectivity index (χ2v) is 4.14. The molecule has 0 saturated carbocycles. The Kier molecular flexibility index (Phi) is 3.40. The number of nitrogens with one attached hydrogen (secondary N) is 1. The van der Waals surface area contributed by atoms with Crippen LogP contribution >= 0.6 is 0 Å². The molecule has 0 fully saturated rings. The quantitative estimate of drug-likeness (QED) is 0.644. The molecule has 0 aliphatic heterocycles. The number of rotatable bonds is 3. The Morgan fingerprint density at radius 3 is 2.61 bits per heavy atom. The van der Waals surface area contributed by atoms with Gasteiger partial charge in [0, 0.05) is 24.9 Å². The molecule has 0 aliphatic rings. The number of hydrogen-bond acceptors (Lipinski definition) is 3. The molecule has 1 atom stereocenters. The maximum Gasteiger partial charge on any atom is 0.131 e. The Morgan fingerprint density at radius 2 is 2.06 bits per heavy atom. The molecule has 2 aromatic rings. The van der Waals surface area contributed by atoms with Gasteiger partial charge in [-0.05, 0) is 24.6 Å². The van der Waals surface area contributed by atoms with Crippen LogP contribution in [0.1, 0.15) is 22.9 Å². The van der Waals surface area contributed by atoms with Crippen molar-refractivity contribution in [3.63, 3.8) is 0 Å². The molecule has 3 N–H and O–H groups in total. The fourth-order valence-corrected chi connectivity index (χ4v) is 1.82. The lowest BCUT2D eigenvalue weighted by Crippen LogP contribution is -2.30. The molecule has 0 aliphatic carbocycles. The first-order chi connectivity index (χ1) is 8.52. The topological polar surface area (TPSA) is 55.9 Å². The predicted octanol–water partition coefficient (Wildman–Crippen LogP) is 1.56. The van der Waals surface area contributed by atoms with Crippen LogP contribution in [0.5, 0.6) is 0 Å². The van der Waals surface area contributed by atoms with Crippen molar-refractivity contribution in [2.24, 2.45) is 12.9 Å². The molecule has 0 radical (unpaired) electrons. The summed E-state index contributed by atoms with van der Waals surface area (Å²) < 4.78 is 28.6. The van der Waals surface area contributed by atoms with Gasteiger partial charge in [-0.3, -0.25) is 10.5 Å². The van der Waals surface area contributed by atoms with Crippen molar-refractivity contribution in [1.82, 2.24) is 15.2 Å². The first-order valence-electron chi connectivity index (χ1n) is 5.44. The molecule has 0 spiro atoms. The van der Waals surface area contributed by atoms with Crippen LogP contribution in [0.25, 0.3) is 0 Å². The van der Waals surface area contributed by atoms with Crippen LogP contribution in [-0.2, 0) is 7.05 Å². The van der Waals surface area contributed by atoms with Crippen molar-refractivity contribution in [3.05, 3.63) is 52.9 Å². The van der Waals surface area contributed by atoms with Crippen molar-refractivity contribution in [2.75, 3.05) is 0 Å². The number of hydrazine groups is 1. The Balaban J connectivity index is 2.48. The van der Waals surface area contributed by atoms with Gasteiger partial charge in [0.2, 0.25) is 0 Å². The molecule has 6 heteroatoms. The van der Waals surface area contributed by atoms with Gasteiger partial charge in [-0.15, -0.1) is 0 Å². The van der Waals surface area contributed by atoms with Crippen molar-refractivity contribution in [1.29, 1.82) is 0 Å². The maximum atomic E-state index is 13.8. The van der Waals surface area contributed by atoms with E-state index >= 15 is 0 Å². The lowest BCUT2D eigenvalue weighted by Gasteiger charge is -2.15. The molecule has 1 unspecified atom stereocenters. The second-order valence-electron chi connectivity index (χ2n) is 4.14. The van der Waals surface area contributed by atoms with Gasteiger partial charge in [0.25, 0.3) is 0 Å². The summed E-state index contributed by atoms with van der Waals surface area (Å²) in [5, 5.41) is 4.17. The van der Waals surface area contributed by atoms with Gasteiger partial charge in [0.05, 0.1) is 11.7 Å². The molecule has 1 aromatic carbocycles. The Labute approximate surface area is 103 Å². The number of benzene rings is 1. The minimum atomic E-state index is -0.647. The zero-order valence-corrected chi connectivity index (χ0v) is 10.1. The monoisotopic (exact) mass is 252 g/mol. The highest BCUT2D eigenvalue weighted by Crippen LogP contribution is 2.24. The third-order valence-corrected chi connectivity index (χ3v) is 2.79. The molecule has 18 heavy (non-hydrogen) atoms. The molecule has 0 bridgehead atoms. The van der Waals surface area contributed by atoms with Crippen molar-refractivity contribution >= 4 is 0 Å². The molecule has 1 heterocycles. The second kappa shape index (κ2) is 4.83.